The quantitative estimate of drug-likeness (QED) is 0.908. The first-order valence-electron chi connectivity index (χ1n) is 6.53. The van der Waals surface area contributed by atoms with E-state index in [1.807, 2.05) is 37.3 Å². The van der Waals surface area contributed by atoms with Crippen LogP contribution in [0.2, 0.25) is 0 Å². The van der Waals surface area contributed by atoms with Crippen LogP contribution >= 0.6 is 0 Å². The average Bonchev–Trinajstić information content (AvgIpc) is 2.45. The van der Waals surface area contributed by atoms with Gasteiger partial charge in [0.1, 0.15) is 5.75 Å². The Balaban J connectivity index is 1.88. The smallest absolute Gasteiger partial charge is 0.224 e. The van der Waals surface area contributed by atoms with Crippen molar-refractivity contribution in [3.05, 3.63) is 53.9 Å². The summed E-state index contributed by atoms with van der Waals surface area (Å²) in [7, 11) is 1.64. The fourth-order valence-electron chi connectivity index (χ4n) is 1.93. The molecule has 1 N–H and O–H groups in total. The van der Waals surface area contributed by atoms with E-state index in [9.17, 15) is 4.79 Å². The Bertz CT molecular complexity index is 597. The van der Waals surface area contributed by atoms with Gasteiger partial charge in [-0.3, -0.25) is 9.78 Å². The van der Waals surface area contributed by atoms with Crippen LogP contribution in [0.25, 0.3) is 0 Å². The number of aromatic nitrogens is 1. The van der Waals surface area contributed by atoms with Crippen LogP contribution in [-0.4, -0.2) is 18.0 Å². The minimum atomic E-state index is -0.00146. The zero-order valence-corrected chi connectivity index (χ0v) is 11.7. The van der Waals surface area contributed by atoms with E-state index in [4.69, 9.17) is 4.74 Å². The van der Waals surface area contributed by atoms with Gasteiger partial charge < -0.3 is 10.1 Å². The molecule has 20 heavy (non-hydrogen) atoms. The van der Waals surface area contributed by atoms with Crippen LogP contribution in [-0.2, 0) is 11.2 Å². The Hall–Kier alpha value is -2.36. The number of hydrogen-bond donors (Lipinski definition) is 1. The number of hydrogen-bond acceptors (Lipinski definition) is 3. The number of carbonyl (C=O) groups is 1. The van der Waals surface area contributed by atoms with Gasteiger partial charge in [-0.1, -0.05) is 12.1 Å². The van der Waals surface area contributed by atoms with Gasteiger partial charge in [-0.05, 0) is 43.2 Å². The summed E-state index contributed by atoms with van der Waals surface area (Å²) in [6.45, 7) is 1.89. The molecule has 2 aromatic rings. The highest BCUT2D eigenvalue weighted by Gasteiger charge is 2.04. The summed E-state index contributed by atoms with van der Waals surface area (Å²) in [5.74, 6) is 0.811. The number of anilines is 1. The van der Waals surface area contributed by atoms with E-state index in [1.165, 1.54) is 0 Å². The molecule has 0 aliphatic carbocycles. The van der Waals surface area contributed by atoms with Crippen LogP contribution in [0.5, 0.6) is 5.75 Å². The second-order valence-electron chi connectivity index (χ2n) is 4.59. The third kappa shape index (κ3) is 4.09. The Morgan fingerprint density at radius 1 is 1.30 bits per heavy atom. The summed E-state index contributed by atoms with van der Waals surface area (Å²) >= 11 is 0. The summed E-state index contributed by atoms with van der Waals surface area (Å²) < 4.78 is 5.16. The minimum absolute atomic E-state index is 0.00146. The number of nitrogens with zero attached hydrogens (tertiary/aromatic N) is 1. The number of pyridine rings is 1. The van der Waals surface area contributed by atoms with Gasteiger partial charge in [0, 0.05) is 24.0 Å². The first-order valence-corrected chi connectivity index (χ1v) is 6.53. The highest BCUT2D eigenvalue weighted by atomic mass is 16.5. The minimum Gasteiger partial charge on any atom is -0.497 e. The zero-order valence-electron chi connectivity index (χ0n) is 11.7. The molecular formula is C16H18N2O2. The van der Waals surface area contributed by atoms with Gasteiger partial charge in [0.05, 0.1) is 7.11 Å². The molecule has 0 saturated carbocycles. The number of nitrogens with one attached hydrogen (secondary N) is 1. The monoisotopic (exact) mass is 270 g/mol. The van der Waals surface area contributed by atoms with Crippen molar-refractivity contribution in [2.75, 3.05) is 12.4 Å². The molecule has 1 aromatic heterocycles. The molecule has 0 atom stereocenters. The number of carbonyl (C=O) groups excluding carboxylic acids is 1. The van der Waals surface area contributed by atoms with Gasteiger partial charge in [-0.2, -0.15) is 0 Å². The van der Waals surface area contributed by atoms with Crippen LogP contribution in [0.15, 0.2) is 42.6 Å². The van der Waals surface area contributed by atoms with E-state index in [0.29, 0.717) is 12.8 Å². The second-order valence-corrected chi connectivity index (χ2v) is 4.59. The topological polar surface area (TPSA) is 51.2 Å². The van der Waals surface area contributed by atoms with Gasteiger partial charge in [0.15, 0.2) is 0 Å². The van der Waals surface area contributed by atoms with Crippen molar-refractivity contribution in [3.8, 4) is 5.75 Å². The number of ether oxygens (including phenoxy) is 1. The van der Waals surface area contributed by atoms with Crippen molar-refractivity contribution in [3.63, 3.8) is 0 Å². The van der Waals surface area contributed by atoms with Gasteiger partial charge >= 0.3 is 0 Å². The van der Waals surface area contributed by atoms with Crippen LogP contribution in [0.1, 0.15) is 17.7 Å². The highest BCUT2D eigenvalue weighted by molar-refractivity contribution is 5.90. The maximum atomic E-state index is 11.9. The molecule has 0 bridgehead atoms. The average molecular weight is 270 g/mol. The van der Waals surface area contributed by atoms with E-state index in [2.05, 4.69) is 10.3 Å². The lowest BCUT2D eigenvalue weighted by Gasteiger charge is -2.06. The number of aryl methyl sites for hydroxylation is 2. The molecule has 4 heteroatoms. The van der Waals surface area contributed by atoms with Crippen molar-refractivity contribution in [2.24, 2.45) is 0 Å². The maximum Gasteiger partial charge on any atom is 0.224 e. The van der Waals surface area contributed by atoms with Crippen molar-refractivity contribution in [1.29, 1.82) is 0 Å². The van der Waals surface area contributed by atoms with Crippen molar-refractivity contribution in [1.82, 2.24) is 4.98 Å². The van der Waals surface area contributed by atoms with Crippen molar-refractivity contribution >= 4 is 11.6 Å². The molecule has 4 nitrogen and oxygen atoms in total. The van der Waals surface area contributed by atoms with Crippen molar-refractivity contribution < 1.29 is 9.53 Å². The molecule has 2 rings (SSSR count). The van der Waals surface area contributed by atoms with Crippen LogP contribution in [0.3, 0.4) is 0 Å². The van der Waals surface area contributed by atoms with E-state index < -0.39 is 0 Å². The predicted octanol–water partition coefficient (Wildman–Crippen LogP) is 2.97. The van der Waals surface area contributed by atoms with Gasteiger partial charge in [-0.15, -0.1) is 0 Å². The second kappa shape index (κ2) is 6.70. The Labute approximate surface area is 118 Å². The normalized spacial score (nSPS) is 10.1. The fourth-order valence-corrected chi connectivity index (χ4v) is 1.93. The van der Waals surface area contributed by atoms with E-state index >= 15 is 0 Å². The number of amides is 1. The molecule has 0 aliphatic rings. The largest absolute Gasteiger partial charge is 0.497 e. The molecule has 0 saturated heterocycles. The molecule has 1 heterocycles. The van der Waals surface area contributed by atoms with E-state index in [0.717, 1.165) is 22.7 Å². The van der Waals surface area contributed by atoms with Gasteiger partial charge in [0.2, 0.25) is 5.91 Å². The van der Waals surface area contributed by atoms with Gasteiger partial charge in [0.25, 0.3) is 0 Å². The summed E-state index contributed by atoms with van der Waals surface area (Å²) in [6.07, 6.45) is 2.81. The summed E-state index contributed by atoms with van der Waals surface area (Å²) in [5.41, 5.74) is 2.76. The number of benzene rings is 1. The highest BCUT2D eigenvalue weighted by Crippen LogP contribution is 2.14. The number of rotatable bonds is 5. The number of methoxy groups -OCH3 is 1. The Morgan fingerprint density at radius 2 is 2.15 bits per heavy atom. The third-order valence-corrected chi connectivity index (χ3v) is 2.96. The summed E-state index contributed by atoms with van der Waals surface area (Å²) in [5, 5.41) is 2.87. The lowest BCUT2D eigenvalue weighted by molar-refractivity contribution is -0.116. The summed E-state index contributed by atoms with van der Waals surface area (Å²) in [4.78, 5) is 16.0. The molecule has 0 radical (unpaired) electrons. The molecule has 104 valence electrons. The Kier molecular flexibility index (Phi) is 4.71. The van der Waals surface area contributed by atoms with E-state index in [1.54, 1.807) is 19.4 Å². The standard InChI is InChI=1S/C16H18N2O2/c1-12-10-14(8-9-17-12)18-16(19)7-6-13-4-3-5-15(11-13)20-2/h3-5,8-11H,6-7H2,1-2H3,(H,17,18,19). The van der Waals surface area contributed by atoms with Crippen molar-refractivity contribution in [2.45, 2.75) is 19.8 Å². The molecule has 0 unspecified atom stereocenters. The fraction of sp³-hybridized carbons (Fsp3) is 0.250. The molecule has 0 spiro atoms. The first kappa shape index (κ1) is 14.1. The lowest BCUT2D eigenvalue weighted by atomic mass is 10.1. The van der Waals surface area contributed by atoms with E-state index in [-0.39, 0.29) is 5.91 Å². The molecule has 0 fully saturated rings. The van der Waals surface area contributed by atoms with Crippen LogP contribution < -0.4 is 10.1 Å². The molecule has 0 aliphatic heterocycles. The molecule has 1 amide bonds. The zero-order chi connectivity index (χ0) is 14.4. The molecular weight excluding hydrogens is 252 g/mol. The maximum absolute atomic E-state index is 11.9. The Morgan fingerprint density at radius 3 is 2.90 bits per heavy atom. The first-order chi connectivity index (χ1) is 9.67. The summed E-state index contributed by atoms with van der Waals surface area (Å²) in [6, 6.07) is 11.4. The van der Waals surface area contributed by atoms with Crippen LogP contribution in [0, 0.1) is 6.92 Å². The molecule has 1 aromatic carbocycles. The SMILES string of the molecule is COc1cccc(CCC(=O)Nc2ccnc(C)c2)c1. The van der Waals surface area contributed by atoms with Gasteiger partial charge in [-0.25, -0.2) is 0 Å². The lowest BCUT2D eigenvalue weighted by Crippen LogP contribution is -2.12. The third-order valence-electron chi connectivity index (χ3n) is 2.96. The predicted molar refractivity (Wildman–Crippen MR) is 78.9 cm³/mol. The van der Waals surface area contributed by atoms with Crippen LogP contribution in [0.4, 0.5) is 5.69 Å².